The lowest BCUT2D eigenvalue weighted by Gasteiger charge is -2.13. The highest BCUT2D eigenvalue weighted by Crippen LogP contribution is 2.33. The molecule has 0 bridgehead atoms. The molecule has 1 aliphatic rings. The molecular formula is C17H17N3O3. The molecule has 2 atom stereocenters. The molecule has 0 spiro atoms. The van der Waals surface area contributed by atoms with Gasteiger partial charge in [-0.2, -0.15) is 0 Å². The number of carbonyl (C=O) groups excluding carboxylic acids is 1. The second kappa shape index (κ2) is 5.53. The summed E-state index contributed by atoms with van der Waals surface area (Å²) in [5.41, 5.74) is 2.26. The van der Waals surface area contributed by atoms with Gasteiger partial charge in [-0.15, -0.1) is 0 Å². The molecule has 118 valence electrons. The lowest BCUT2D eigenvalue weighted by atomic mass is 10.1. The molecule has 6 heteroatoms. The Morgan fingerprint density at radius 3 is 3.04 bits per heavy atom. The number of hydrogen-bond donors (Lipinski definition) is 1. The van der Waals surface area contributed by atoms with Crippen molar-refractivity contribution < 1.29 is 13.9 Å². The highest BCUT2D eigenvalue weighted by Gasteiger charge is 2.31. The molecule has 3 aromatic rings. The maximum atomic E-state index is 11.6. The van der Waals surface area contributed by atoms with Gasteiger partial charge in [0.15, 0.2) is 11.4 Å². The Hall–Kier alpha value is -2.63. The van der Waals surface area contributed by atoms with E-state index in [2.05, 4.69) is 15.3 Å². The molecule has 0 unspecified atom stereocenters. The van der Waals surface area contributed by atoms with Crippen LogP contribution in [-0.4, -0.2) is 29.1 Å². The summed E-state index contributed by atoms with van der Waals surface area (Å²) < 4.78 is 10.7. The number of fused-ring (bicyclic) bond motifs is 3. The Morgan fingerprint density at radius 1 is 1.30 bits per heavy atom. The molecule has 1 N–H and O–H groups in total. The first-order valence-electron chi connectivity index (χ1n) is 7.73. The maximum absolute atomic E-state index is 11.6. The second-order valence-electron chi connectivity index (χ2n) is 5.87. The summed E-state index contributed by atoms with van der Waals surface area (Å²) in [6.07, 6.45) is 4.03. The molecule has 23 heavy (non-hydrogen) atoms. The first kappa shape index (κ1) is 14.0. The van der Waals surface area contributed by atoms with Gasteiger partial charge in [0.2, 0.25) is 0 Å². The van der Waals surface area contributed by atoms with Gasteiger partial charge in [0.05, 0.1) is 13.0 Å². The van der Waals surface area contributed by atoms with Gasteiger partial charge in [0.25, 0.3) is 0 Å². The second-order valence-corrected chi connectivity index (χ2v) is 5.87. The Labute approximate surface area is 132 Å². The van der Waals surface area contributed by atoms with E-state index in [0.717, 1.165) is 35.7 Å². The van der Waals surface area contributed by atoms with E-state index in [0.29, 0.717) is 11.4 Å². The lowest BCUT2D eigenvalue weighted by Crippen LogP contribution is -2.19. The minimum Gasteiger partial charge on any atom is -0.469 e. The monoisotopic (exact) mass is 311 g/mol. The van der Waals surface area contributed by atoms with Gasteiger partial charge in [-0.25, -0.2) is 9.97 Å². The normalized spacial score (nSPS) is 20.9. The number of methoxy groups -OCH3 is 1. The number of anilines is 1. The fraction of sp³-hybridized carbons (Fsp3) is 0.353. The van der Waals surface area contributed by atoms with Gasteiger partial charge in [0, 0.05) is 11.4 Å². The summed E-state index contributed by atoms with van der Waals surface area (Å²) in [4.78, 5) is 20.3. The van der Waals surface area contributed by atoms with E-state index < -0.39 is 0 Å². The van der Waals surface area contributed by atoms with Crippen molar-refractivity contribution in [2.75, 3.05) is 12.4 Å². The average Bonchev–Trinajstić information content (AvgIpc) is 3.19. The highest BCUT2D eigenvalue weighted by molar-refractivity contribution is 6.05. The minimum absolute atomic E-state index is 0.0366. The van der Waals surface area contributed by atoms with Crippen molar-refractivity contribution in [3.63, 3.8) is 0 Å². The number of hydrogen-bond acceptors (Lipinski definition) is 6. The van der Waals surface area contributed by atoms with Crippen LogP contribution in [0.2, 0.25) is 0 Å². The molecule has 1 aromatic carbocycles. The fourth-order valence-electron chi connectivity index (χ4n) is 3.31. The van der Waals surface area contributed by atoms with Crippen molar-refractivity contribution >= 4 is 33.9 Å². The number of rotatable bonds is 3. The summed E-state index contributed by atoms with van der Waals surface area (Å²) in [5.74, 6) is 0.512. The van der Waals surface area contributed by atoms with Gasteiger partial charge in [0.1, 0.15) is 17.4 Å². The van der Waals surface area contributed by atoms with Crippen LogP contribution in [-0.2, 0) is 9.53 Å². The largest absolute Gasteiger partial charge is 0.469 e. The van der Waals surface area contributed by atoms with Crippen LogP contribution in [0.1, 0.15) is 19.3 Å². The number of para-hydroxylation sites is 1. The molecule has 6 nitrogen and oxygen atoms in total. The Balaban J connectivity index is 1.64. The minimum atomic E-state index is -0.133. The number of ether oxygens (including phenoxy) is 1. The van der Waals surface area contributed by atoms with Gasteiger partial charge in [-0.05, 0) is 31.4 Å². The molecule has 0 saturated heterocycles. The van der Waals surface area contributed by atoms with Crippen LogP contribution in [0.15, 0.2) is 35.0 Å². The van der Waals surface area contributed by atoms with Crippen LogP contribution in [0.25, 0.3) is 22.1 Å². The quantitative estimate of drug-likeness (QED) is 0.749. The van der Waals surface area contributed by atoms with Gasteiger partial charge >= 0.3 is 5.97 Å². The highest BCUT2D eigenvalue weighted by atomic mass is 16.5. The molecule has 1 saturated carbocycles. The molecule has 1 fully saturated rings. The van der Waals surface area contributed by atoms with Crippen molar-refractivity contribution in [1.29, 1.82) is 0 Å². The summed E-state index contributed by atoms with van der Waals surface area (Å²) in [5, 5.41) is 4.38. The molecule has 4 rings (SSSR count). The van der Waals surface area contributed by atoms with E-state index in [-0.39, 0.29) is 17.9 Å². The molecule has 2 heterocycles. The van der Waals surface area contributed by atoms with Crippen molar-refractivity contribution in [3.05, 3.63) is 30.6 Å². The van der Waals surface area contributed by atoms with Crippen molar-refractivity contribution in [2.24, 2.45) is 5.92 Å². The van der Waals surface area contributed by atoms with Crippen LogP contribution in [0, 0.1) is 5.92 Å². The van der Waals surface area contributed by atoms with Crippen LogP contribution >= 0.6 is 0 Å². The smallest absolute Gasteiger partial charge is 0.308 e. The zero-order valence-electron chi connectivity index (χ0n) is 12.8. The van der Waals surface area contributed by atoms with E-state index in [1.165, 1.54) is 7.11 Å². The van der Waals surface area contributed by atoms with E-state index in [9.17, 15) is 4.79 Å². The Kier molecular flexibility index (Phi) is 3.37. The summed E-state index contributed by atoms with van der Waals surface area (Å²) in [6, 6.07) is 7.99. The third kappa shape index (κ3) is 2.40. The topological polar surface area (TPSA) is 77.2 Å². The zero-order chi connectivity index (χ0) is 15.8. The number of aromatic nitrogens is 2. The van der Waals surface area contributed by atoms with Crippen molar-refractivity contribution in [1.82, 2.24) is 9.97 Å². The third-order valence-corrected chi connectivity index (χ3v) is 4.47. The van der Waals surface area contributed by atoms with Crippen molar-refractivity contribution in [2.45, 2.75) is 25.3 Å². The first-order valence-corrected chi connectivity index (χ1v) is 7.73. The fourth-order valence-corrected chi connectivity index (χ4v) is 3.31. The van der Waals surface area contributed by atoms with Crippen LogP contribution < -0.4 is 5.32 Å². The Bertz CT molecular complexity index is 874. The number of nitrogens with one attached hydrogen (secondary N) is 1. The number of carbonyl (C=O) groups is 1. The summed E-state index contributed by atoms with van der Waals surface area (Å²) in [7, 11) is 1.44. The van der Waals surface area contributed by atoms with Gasteiger partial charge < -0.3 is 14.5 Å². The zero-order valence-corrected chi connectivity index (χ0v) is 12.8. The average molecular weight is 311 g/mol. The summed E-state index contributed by atoms with van der Waals surface area (Å²) >= 11 is 0. The standard InChI is InChI=1S/C17H17N3O3/c1-22-17(21)10-6-7-11(8-10)20-16-15-14(18-9-19-16)12-4-2-3-5-13(12)23-15/h2-5,9-11H,6-8H2,1H3,(H,18,19,20)/t10-,11+/m0/s1. The first-order chi connectivity index (χ1) is 11.3. The number of nitrogens with zero attached hydrogens (tertiary/aromatic N) is 2. The lowest BCUT2D eigenvalue weighted by molar-refractivity contribution is -0.145. The van der Waals surface area contributed by atoms with Crippen LogP contribution in [0.5, 0.6) is 0 Å². The SMILES string of the molecule is COC(=O)[C@H]1CC[C@@H](Nc2ncnc3c2oc2ccccc23)C1. The van der Waals surface area contributed by atoms with Crippen LogP contribution in [0.4, 0.5) is 5.82 Å². The molecule has 1 aliphatic carbocycles. The van der Waals surface area contributed by atoms with E-state index in [1.807, 2.05) is 24.3 Å². The van der Waals surface area contributed by atoms with E-state index in [4.69, 9.17) is 9.15 Å². The number of benzene rings is 1. The van der Waals surface area contributed by atoms with Crippen molar-refractivity contribution in [3.8, 4) is 0 Å². The predicted octanol–water partition coefficient (Wildman–Crippen LogP) is 3.13. The maximum Gasteiger partial charge on any atom is 0.308 e. The molecular weight excluding hydrogens is 294 g/mol. The molecule has 0 aliphatic heterocycles. The third-order valence-electron chi connectivity index (χ3n) is 4.47. The molecule has 0 radical (unpaired) electrons. The molecule has 0 amide bonds. The number of furan rings is 1. The molecule has 2 aromatic heterocycles. The van der Waals surface area contributed by atoms with E-state index >= 15 is 0 Å². The predicted molar refractivity (Wildman–Crippen MR) is 86.1 cm³/mol. The van der Waals surface area contributed by atoms with Gasteiger partial charge in [-0.1, -0.05) is 12.1 Å². The summed E-state index contributed by atoms with van der Waals surface area (Å²) in [6.45, 7) is 0. The number of esters is 1. The Morgan fingerprint density at radius 2 is 2.17 bits per heavy atom. The van der Waals surface area contributed by atoms with Gasteiger partial charge in [-0.3, -0.25) is 4.79 Å². The van der Waals surface area contributed by atoms with E-state index in [1.54, 1.807) is 6.33 Å². The van der Waals surface area contributed by atoms with Crippen LogP contribution in [0.3, 0.4) is 0 Å².